The Bertz CT molecular complexity index is 547. The molecule has 1 fully saturated rings. The van der Waals surface area contributed by atoms with Crippen LogP contribution < -0.4 is 15.7 Å². The molecule has 0 saturated carbocycles. The highest BCUT2D eigenvalue weighted by Gasteiger charge is 2.34. The third-order valence-electron chi connectivity index (χ3n) is 4.05. The van der Waals surface area contributed by atoms with Gasteiger partial charge in [0.05, 0.1) is 30.8 Å². The molecule has 0 amide bonds. The van der Waals surface area contributed by atoms with Crippen molar-refractivity contribution < 1.29 is 13.6 Å². The van der Waals surface area contributed by atoms with Gasteiger partial charge >= 0.3 is 7.75 Å². The molecule has 23 heavy (non-hydrogen) atoms. The van der Waals surface area contributed by atoms with Gasteiger partial charge in [-0.1, -0.05) is 6.92 Å². The summed E-state index contributed by atoms with van der Waals surface area (Å²) in [5.74, 6) is 0.364. The Kier molecular flexibility index (Phi) is 6.41. The van der Waals surface area contributed by atoms with Crippen LogP contribution in [0.2, 0.25) is 0 Å². The van der Waals surface area contributed by atoms with E-state index in [0.29, 0.717) is 31.4 Å². The summed E-state index contributed by atoms with van der Waals surface area (Å²) in [7, 11) is -3.28. The molecule has 130 valence electrons. The summed E-state index contributed by atoms with van der Waals surface area (Å²) < 4.78 is 23.4. The van der Waals surface area contributed by atoms with Crippen LogP contribution in [0.4, 0.5) is 11.4 Å². The molecule has 1 aliphatic rings. The minimum Gasteiger partial charge on any atom is -0.396 e. The van der Waals surface area contributed by atoms with Gasteiger partial charge in [-0.05, 0) is 32.3 Å². The number of anilines is 2. The van der Waals surface area contributed by atoms with E-state index in [9.17, 15) is 4.57 Å². The van der Waals surface area contributed by atoms with Crippen LogP contribution in [-0.4, -0.2) is 37.3 Å². The Labute approximate surface area is 138 Å². The van der Waals surface area contributed by atoms with Gasteiger partial charge in [-0.15, -0.1) is 0 Å². The van der Waals surface area contributed by atoms with Gasteiger partial charge in [-0.3, -0.25) is 14.0 Å². The van der Waals surface area contributed by atoms with E-state index in [1.54, 1.807) is 12.4 Å². The van der Waals surface area contributed by atoms with E-state index in [0.717, 1.165) is 18.7 Å². The number of hydrogen-bond donors (Lipinski definition) is 2. The van der Waals surface area contributed by atoms with Gasteiger partial charge in [0.25, 0.3) is 0 Å². The van der Waals surface area contributed by atoms with Crippen LogP contribution in [0.15, 0.2) is 18.5 Å². The molecule has 1 aromatic heterocycles. The molecule has 7 nitrogen and oxygen atoms in total. The molecule has 2 heterocycles. The lowest BCUT2D eigenvalue weighted by atomic mass is 9.94. The molecule has 3 N–H and O–H groups in total. The lowest BCUT2D eigenvalue weighted by Crippen LogP contribution is -2.49. The summed E-state index contributed by atoms with van der Waals surface area (Å²) in [5, 5.41) is 3.12. The van der Waals surface area contributed by atoms with E-state index in [1.807, 2.05) is 19.9 Å². The first kappa shape index (κ1) is 18.2. The Morgan fingerprint density at radius 2 is 2.13 bits per heavy atom. The minimum atomic E-state index is -3.28. The topological polar surface area (TPSA) is 89.7 Å². The van der Waals surface area contributed by atoms with Crippen molar-refractivity contribution in [3.63, 3.8) is 0 Å². The zero-order valence-electron chi connectivity index (χ0n) is 14.1. The van der Waals surface area contributed by atoms with E-state index in [-0.39, 0.29) is 6.04 Å². The maximum atomic E-state index is 12.7. The van der Waals surface area contributed by atoms with Gasteiger partial charge in [0.15, 0.2) is 0 Å². The normalized spacial score (nSPS) is 22.3. The van der Waals surface area contributed by atoms with E-state index >= 15 is 0 Å². The standard InChI is InChI=1S/C15H27N4O3P/c1-4-21-23(20,22-5-2)18-14-11-19(9-7-12(14)3)15-6-8-17-10-13(15)16/h6,8,10,12,14H,4-5,7,9,11,16H2,1-3H3,(H,18,20). The van der Waals surface area contributed by atoms with Crippen molar-refractivity contribution in [1.29, 1.82) is 0 Å². The molecule has 2 unspecified atom stereocenters. The predicted molar refractivity (Wildman–Crippen MR) is 92.4 cm³/mol. The molecule has 8 heteroatoms. The number of nitrogens with zero attached hydrogens (tertiary/aromatic N) is 2. The SMILES string of the molecule is CCOP(=O)(NC1CN(c2ccncc2N)CCC1C)OCC. The largest absolute Gasteiger partial charge is 0.405 e. The first-order valence-electron chi connectivity index (χ1n) is 8.10. The van der Waals surface area contributed by atoms with Crippen molar-refractivity contribution in [2.75, 3.05) is 36.9 Å². The first-order valence-corrected chi connectivity index (χ1v) is 9.64. The molecule has 1 aromatic rings. The fourth-order valence-corrected chi connectivity index (χ4v) is 4.44. The summed E-state index contributed by atoms with van der Waals surface area (Å²) in [6, 6.07) is 1.91. The Morgan fingerprint density at radius 3 is 2.74 bits per heavy atom. The Morgan fingerprint density at radius 1 is 1.43 bits per heavy atom. The monoisotopic (exact) mass is 342 g/mol. The maximum absolute atomic E-state index is 12.7. The van der Waals surface area contributed by atoms with Crippen molar-refractivity contribution in [3.05, 3.63) is 18.5 Å². The van der Waals surface area contributed by atoms with Crippen molar-refractivity contribution in [3.8, 4) is 0 Å². The van der Waals surface area contributed by atoms with Gasteiger partial charge in [-0.2, -0.15) is 0 Å². The van der Waals surface area contributed by atoms with Crippen LogP contribution in [0.25, 0.3) is 0 Å². The van der Waals surface area contributed by atoms with Gasteiger partial charge in [-0.25, -0.2) is 9.65 Å². The van der Waals surface area contributed by atoms with Crippen LogP contribution in [0.1, 0.15) is 27.2 Å². The Hall–Kier alpha value is -1.14. The molecule has 1 aliphatic heterocycles. The van der Waals surface area contributed by atoms with E-state index in [1.165, 1.54) is 0 Å². The van der Waals surface area contributed by atoms with Crippen molar-refractivity contribution >= 4 is 19.1 Å². The number of piperidine rings is 1. The molecule has 0 aliphatic carbocycles. The summed E-state index contributed by atoms with van der Waals surface area (Å²) >= 11 is 0. The number of hydrogen-bond acceptors (Lipinski definition) is 6. The second kappa shape index (κ2) is 8.11. The molecule has 0 bridgehead atoms. The molecule has 2 atom stereocenters. The number of rotatable bonds is 7. The van der Waals surface area contributed by atoms with E-state index < -0.39 is 7.75 Å². The number of nitrogens with two attached hydrogens (primary N) is 1. The van der Waals surface area contributed by atoms with Gasteiger partial charge in [0.2, 0.25) is 0 Å². The highest BCUT2D eigenvalue weighted by molar-refractivity contribution is 7.51. The van der Waals surface area contributed by atoms with E-state index in [2.05, 4.69) is 21.9 Å². The lowest BCUT2D eigenvalue weighted by Gasteiger charge is -2.40. The molecule has 2 rings (SSSR count). The maximum Gasteiger partial charge on any atom is 0.405 e. The number of pyridine rings is 1. The zero-order valence-corrected chi connectivity index (χ0v) is 15.0. The van der Waals surface area contributed by atoms with Crippen LogP contribution in [-0.2, 0) is 13.6 Å². The van der Waals surface area contributed by atoms with Crippen LogP contribution in [0.3, 0.4) is 0 Å². The van der Waals surface area contributed by atoms with Crippen LogP contribution in [0.5, 0.6) is 0 Å². The summed E-state index contributed by atoms with van der Waals surface area (Å²) in [4.78, 5) is 6.22. The summed E-state index contributed by atoms with van der Waals surface area (Å²) in [5.41, 5.74) is 7.64. The third kappa shape index (κ3) is 4.67. The molecule has 1 saturated heterocycles. The second-order valence-electron chi connectivity index (χ2n) is 5.72. The first-order chi connectivity index (χ1) is 11.0. The van der Waals surface area contributed by atoms with Gasteiger partial charge in [0.1, 0.15) is 0 Å². The molecule has 0 aromatic carbocycles. The fourth-order valence-electron chi connectivity index (χ4n) is 2.80. The molecular weight excluding hydrogens is 315 g/mol. The van der Waals surface area contributed by atoms with Gasteiger partial charge in [0, 0.05) is 25.3 Å². The summed E-state index contributed by atoms with van der Waals surface area (Å²) in [6.07, 6.45) is 4.36. The van der Waals surface area contributed by atoms with Crippen molar-refractivity contribution in [2.24, 2.45) is 5.92 Å². The lowest BCUT2D eigenvalue weighted by molar-refractivity contribution is 0.199. The molecule has 0 spiro atoms. The molecule has 0 radical (unpaired) electrons. The highest BCUT2D eigenvalue weighted by Crippen LogP contribution is 2.45. The van der Waals surface area contributed by atoms with Crippen LogP contribution >= 0.6 is 7.75 Å². The Balaban J connectivity index is 2.11. The number of nitrogens with one attached hydrogen (secondary N) is 1. The highest BCUT2D eigenvalue weighted by atomic mass is 31.2. The average molecular weight is 342 g/mol. The zero-order chi connectivity index (χ0) is 16.9. The summed E-state index contributed by atoms with van der Waals surface area (Å²) in [6.45, 7) is 8.04. The fraction of sp³-hybridized carbons (Fsp3) is 0.667. The predicted octanol–water partition coefficient (Wildman–Crippen LogP) is 2.65. The van der Waals surface area contributed by atoms with Crippen molar-refractivity contribution in [2.45, 2.75) is 33.2 Å². The van der Waals surface area contributed by atoms with Crippen LogP contribution in [0, 0.1) is 5.92 Å². The smallest absolute Gasteiger partial charge is 0.396 e. The van der Waals surface area contributed by atoms with E-state index in [4.69, 9.17) is 14.8 Å². The average Bonchev–Trinajstić information content (AvgIpc) is 2.50. The van der Waals surface area contributed by atoms with Crippen molar-refractivity contribution in [1.82, 2.24) is 10.1 Å². The van der Waals surface area contributed by atoms with Gasteiger partial charge < -0.3 is 10.6 Å². The molecular formula is C15H27N4O3P. The quantitative estimate of drug-likeness (QED) is 0.736. The third-order valence-corrected chi connectivity index (χ3v) is 5.89. The minimum absolute atomic E-state index is 0.000230. The second-order valence-corrected chi connectivity index (χ2v) is 7.48. The number of nitrogen functional groups attached to an aromatic ring is 1. The number of aromatic nitrogens is 1.